The fourth-order valence-electron chi connectivity index (χ4n) is 14.6. The lowest BCUT2D eigenvalue weighted by molar-refractivity contribution is -0.149. The Kier molecular flexibility index (Phi) is 26.0. The Morgan fingerprint density at radius 1 is 0.781 bits per heavy atom. The number of allylic oxidation sites excluding steroid dienone is 5. The molecule has 0 radical (unpaired) electrons. The van der Waals surface area contributed by atoms with Crippen molar-refractivity contribution in [2.75, 3.05) is 46.1 Å². The third-order valence-corrected chi connectivity index (χ3v) is 18.8. The molecule has 4 fully saturated rings. The van der Waals surface area contributed by atoms with E-state index >= 15 is 0 Å². The van der Waals surface area contributed by atoms with Gasteiger partial charge in [0, 0.05) is 26.0 Å². The molecule has 1 N–H and O–H groups in total. The van der Waals surface area contributed by atoms with Gasteiger partial charge in [-0.05, 0) is 161 Å². The van der Waals surface area contributed by atoms with E-state index in [0.717, 1.165) is 93.5 Å². The molecule has 412 valence electrons. The molecule has 10 atom stereocenters. The van der Waals surface area contributed by atoms with Crippen molar-refractivity contribution in [2.24, 2.45) is 46.3 Å². The molecule has 8 nitrogen and oxygen atoms in total. The monoisotopic (exact) mass is 1010 g/mol. The van der Waals surface area contributed by atoms with Gasteiger partial charge in [0.15, 0.2) is 0 Å². The number of benzene rings is 1. The van der Waals surface area contributed by atoms with Crippen LogP contribution in [0.5, 0.6) is 0 Å². The minimum absolute atomic E-state index is 0.0939. The number of unbranched alkanes of at least 4 members (excludes halogenated alkanes) is 9. The van der Waals surface area contributed by atoms with Crippen molar-refractivity contribution >= 4 is 12.1 Å². The van der Waals surface area contributed by atoms with Crippen molar-refractivity contribution < 1.29 is 28.5 Å². The molecule has 0 bridgehead atoms. The number of likely N-dealkylation sites (tertiary alicyclic amines) is 1. The summed E-state index contributed by atoms with van der Waals surface area (Å²) >= 11 is 0. The van der Waals surface area contributed by atoms with Crippen molar-refractivity contribution in [2.45, 2.75) is 233 Å². The van der Waals surface area contributed by atoms with Gasteiger partial charge in [0.05, 0.1) is 19.3 Å². The van der Waals surface area contributed by atoms with Crippen LogP contribution in [0.4, 0.5) is 4.79 Å². The number of nitrogens with one attached hydrogen (secondary N) is 1. The van der Waals surface area contributed by atoms with Crippen LogP contribution in [0, 0.1) is 46.3 Å². The number of esters is 1. The summed E-state index contributed by atoms with van der Waals surface area (Å²) in [4.78, 5) is 30.0. The maximum absolute atomic E-state index is 13.8. The lowest BCUT2D eigenvalue weighted by Crippen LogP contribution is -2.51. The first-order valence-corrected chi connectivity index (χ1v) is 30.6. The zero-order valence-electron chi connectivity index (χ0n) is 47.4. The molecule has 1 aliphatic heterocycles. The van der Waals surface area contributed by atoms with Crippen LogP contribution >= 0.6 is 0 Å². The molecule has 4 aliphatic carbocycles. The average molecular weight is 1010 g/mol. The van der Waals surface area contributed by atoms with Crippen molar-refractivity contribution in [3.8, 4) is 0 Å². The van der Waals surface area contributed by atoms with Gasteiger partial charge < -0.3 is 29.2 Å². The number of ether oxygens (including phenoxy) is 4. The number of hydrogen-bond acceptors (Lipinski definition) is 7. The van der Waals surface area contributed by atoms with E-state index in [1.54, 1.807) is 0 Å². The molecule has 1 amide bonds. The molecular formula is C65H106N2O6. The minimum Gasteiger partial charge on any atom is -0.462 e. The van der Waals surface area contributed by atoms with E-state index in [-0.39, 0.29) is 30.8 Å². The summed E-state index contributed by atoms with van der Waals surface area (Å²) in [5.74, 6) is 4.30. The third-order valence-electron chi connectivity index (χ3n) is 18.8. The molecule has 1 heterocycles. The van der Waals surface area contributed by atoms with Crippen LogP contribution in [0.2, 0.25) is 0 Å². The van der Waals surface area contributed by atoms with E-state index in [1.165, 1.54) is 140 Å². The standard InChI is InChI=1S/C65H106N2O6/c1-7-8-9-10-11-12-13-14-15-16-17-18-19-20-21-28-44-70-50-56(49-67-42-26-23-27-43-67)71-45-46-72-62(68)61(47-53-32-24-22-25-33-53)66-63(69)73-55-38-40-64(5)54(48-55)34-35-57-59-37-36-58(52(4)31-29-30-51(2)3)65(59,6)41-39-60(57)64/h11-12,14-15,22,24-25,32-34,51-52,55-61H,7-10,13,16-21,23,26-31,35-50H2,1-6H3,(H,66,69)/b12-11-,15-14-/t52-,55+,56?,57+,58-,59+,60+,61+,64+,65-/m1/s1. The Bertz CT molecular complexity index is 1810. The lowest BCUT2D eigenvalue weighted by Gasteiger charge is -2.58. The Labute approximate surface area is 446 Å². The van der Waals surface area contributed by atoms with E-state index in [9.17, 15) is 9.59 Å². The second kappa shape index (κ2) is 32.0. The SMILES string of the molecule is CCCCC/C=C\C/C=C\CCCCCCCCOCC(CN1CCCCC1)OCCOC(=O)[C@H](Cc1ccccc1)NC(=O)O[C@H]1CC[C@@]2(C)C(=CC[C@H]3[C@@H]4CC[C@H]([C@H](C)CCCC(C)C)[C@@]4(C)CC[C@@H]32)C1. The van der Waals surface area contributed by atoms with Crippen LogP contribution in [0.1, 0.15) is 214 Å². The summed E-state index contributed by atoms with van der Waals surface area (Å²) in [6, 6.07) is 8.97. The van der Waals surface area contributed by atoms with Gasteiger partial charge in [0.1, 0.15) is 18.8 Å². The molecule has 1 aromatic carbocycles. The van der Waals surface area contributed by atoms with E-state index in [0.29, 0.717) is 24.4 Å². The van der Waals surface area contributed by atoms with Crippen molar-refractivity contribution in [3.63, 3.8) is 0 Å². The molecule has 8 heteroatoms. The Morgan fingerprint density at radius 2 is 1.52 bits per heavy atom. The second-order valence-electron chi connectivity index (χ2n) is 24.6. The zero-order chi connectivity index (χ0) is 51.7. The highest BCUT2D eigenvalue weighted by molar-refractivity contribution is 5.81. The largest absolute Gasteiger partial charge is 0.462 e. The molecule has 1 aromatic rings. The summed E-state index contributed by atoms with van der Waals surface area (Å²) in [6.07, 6.45) is 43.3. The number of piperidine rings is 1. The Balaban J connectivity index is 0.914. The molecule has 1 unspecified atom stereocenters. The van der Waals surface area contributed by atoms with Crippen molar-refractivity contribution in [1.29, 1.82) is 0 Å². The number of carbonyl (C=O) groups excluding carboxylic acids is 2. The number of fused-ring (bicyclic) bond motifs is 5. The Morgan fingerprint density at radius 3 is 2.27 bits per heavy atom. The number of nitrogens with zero attached hydrogens (tertiary/aromatic N) is 1. The molecular weight excluding hydrogens is 905 g/mol. The summed E-state index contributed by atoms with van der Waals surface area (Å²) in [7, 11) is 0. The summed E-state index contributed by atoms with van der Waals surface area (Å²) in [5.41, 5.74) is 3.09. The first kappa shape index (κ1) is 59.3. The molecule has 0 aromatic heterocycles. The first-order chi connectivity index (χ1) is 35.5. The van der Waals surface area contributed by atoms with Crippen LogP contribution < -0.4 is 5.32 Å². The molecule has 6 rings (SSSR count). The van der Waals surface area contributed by atoms with Gasteiger partial charge in [-0.1, -0.05) is 172 Å². The molecule has 3 saturated carbocycles. The summed E-state index contributed by atoms with van der Waals surface area (Å²) in [5, 5.41) is 2.95. The predicted molar refractivity (Wildman–Crippen MR) is 302 cm³/mol. The number of amides is 1. The van der Waals surface area contributed by atoms with Crippen molar-refractivity contribution in [1.82, 2.24) is 10.2 Å². The minimum atomic E-state index is -0.871. The maximum Gasteiger partial charge on any atom is 0.408 e. The van der Waals surface area contributed by atoms with Crippen LogP contribution in [0.25, 0.3) is 0 Å². The Hall–Kier alpha value is -2.94. The average Bonchev–Trinajstić information content (AvgIpc) is 3.74. The highest BCUT2D eigenvalue weighted by Gasteiger charge is 2.59. The van der Waals surface area contributed by atoms with Crippen LogP contribution in [-0.2, 0) is 30.2 Å². The molecule has 1 saturated heterocycles. The topological polar surface area (TPSA) is 86.3 Å². The second-order valence-corrected chi connectivity index (χ2v) is 24.6. The number of alkyl carbamates (subject to hydrolysis) is 1. The fraction of sp³-hybridized carbons (Fsp3) is 0.785. The van der Waals surface area contributed by atoms with Gasteiger partial charge in [0.25, 0.3) is 0 Å². The fourth-order valence-corrected chi connectivity index (χ4v) is 14.6. The quantitative estimate of drug-likeness (QED) is 0.0426. The number of carbonyl (C=O) groups is 2. The summed E-state index contributed by atoms with van der Waals surface area (Å²) < 4.78 is 24.7. The first-order valence-electron chi connectivity index (χ1n) is 30.6. The van der Waals surface area contributed by atoms with Crippen LogP contribution in [-0.4, -0.2) is 81.3 Å². The van der Waals surface area contributed by atoms with Gasteiger partial charge >= 0.3 is 12.1 Å². The zero-order valence-corrected chi connectivity index (χ0v) is 47.4. The normalized spacial score (nSPS) is 27.5. The lowest BCUT2D eigenvalue weighted by atomic mass is 9.47. The highest BCUT2D eigenvalue weighted by atomic mass is 16.6. The van der Waals surface area contributed by atoms with Gasteiger partial charge in [-0.2, -0.15) is 0 Å². The number of rotatable bonds is 33. The van der Waals surface area contributed by atoms with E-state index in [2.05, 4.69) is 82.1 Å². The van der Waals surface area contributed by atoms with E-state index < -0.39 is 18.1 Å². The van der Waals surface area contributed by atoms with Crippen molar-refractivity contribution in [3.05, 3.63) is 71.8 Å². The predicted octanol–water partition coefficient (Wildman–Crippen LogP) is 16.0. The van der Waals surface area contributed by atoms with Gasteiger partial charge in [0.2, 0.25) is 0 Å². The smallest absolute Gasteiger partial charge is 0.408 e. The highest BCUT2D eigenvalue weighted by Crippen LogP contribution is 2.67. The van der Waals surface area contributed by atoms with Crippen LogP contribution in [0.3, 0.4) is 0 Å². The van der Waals surface area contributed by atoms with E-state index in [1.807, 2.05) is 30.3 Å². The molecule has 73 heavy (non-hydrogen) atoms. The maximum atomic E-state index is 13.8. The molecule has 5 aliphatic rings. The third kappa shape index (κ3) is 18.9. The van der Waals surface area contributed by atoms with Gasteiger partial charge in [-0.3, -0.25) is 0 Å². The van der Waals surface area contributed by atoms with E-state index in [4.69, 9.17) is 18.9 Å². The molecule has 0 spiro atoms. The summed E-state index contributed by atoms with van der Waals surface area (Å²) in [6.45, 7) is 19.4. The van der Waals surface area contributed by atoms with Gasteiger partial charge in [-0.25, -0.2) is 9.59 Å². The van der Waals surface area contributed by atoms with Crippen LogP contribution in [0.15, 0.2) is 66.3 Å². The van der Waals surface area contributed by atoms with Gasteiger partial charge in [-0.15, -0.1) is 0 Å². The number of hydrogen-bond donors (Lipinski definition) is 1.